The fourth-order valence-electron chi connectivity index (χ4n) is 1.97. The molecule has 0 bridgehead atoms. The Morgan fingerprint density at radius 3 is 2.81 bits per heavy atom. The van der Waals surface area contributed by atoms with Crippen molar-refractivity contribution in [2.75, 3.05) is 13.7 Å². The standard InChI is InChI=1S/C15H16N2O4/c1-21-13(18)7-4-8-16-15(20)12-9-10-5-2-3-6-11(10)14(19)17-12/h2-3,5-6,9H,4,7-8H2,1H3,(H,16,20)(H,17,19). The number of hydrogen-bond acceptors (Lipinski definition) is 4. The smallest absolute Gasteiger partial charge is 0.305 e. The number of ether oxygens (including phenoxy) is 1. The van der Waals surface area contributed by atoms with E-state index in [9.17, 15) is 14.4 Å². The van der Waals surface area contributed by atoms with Crippen LogP contribution in [0.3, 0.4) is 0 Å². The van der Waals surface area contributed by atoms with Crippen molar-refractivity contribution < 1.29 is 14.3 Å². The van der Waals surface area contributed by atoms with Crippen LogP contribution in [0.25, 0.3) is 10.8 Å². The molecule has 0 aliphatic heterocycles. The summed E-state index contributed by atoms with van der Waals surface area (Å²) in [6.45, 7) is 0.336. The Kier molecular flexibility index (Phi) is 4.71. The summed E-state index contributed by atoms with van der Waals surface area (Å²) in [5.41, 5.74) is -0.0930. The van der Waals surface area contributed by atoms with Gasteiger partial charge >= 0.3 is 5.97 Å². The number of aromatic amines is 1. The first-order chi connectivity index (χ1) is 10.1. The SMILES string of the molecule is COC(=O)CCCNC(=O)c1cc2ccccc2c(=O)[nH]1. The molecule has 6 nitrogen and oxygen atoms in total. The maximum atomic E-state index is 12.0. The van der Waals surface area contributed by atoms with E-state index in [-0.39, 0.29) is 29.6 Å². The molecule has 6 heteroatoms. The monoisotopic (exact) mass is 288 g/mol. The van der Waals surface area contributed by atoms with Crippen molar-refractivity contribution in [3.8, 4) is 0 Å². The highest BCUT2D eigenvalue weighted by atomic mass is 16.5. The van der Waals surface area contributed by atoms with Crippen LogP contribution >= 0.6 is 0 Å². The Balaban J connectivity index is 2.03. The summed E-state index contributed by atoms with van der Waals surface area (Å²) in [6, 6.07) is 8.68. The van der Waals surface area contributed by atoms with Crippen molar-refractivity contribution in [2.24, 2.45) is 0 Å². The van der Waals surface area contributed by atoms with Crippen molar-refractivity contribution in [3.63, 3.8) is 0 Å². The molecule has 2 rings (SSSR count). The predicted molar refractivity (Wildman–Crippen MR) is 78.2 cm³/mol. The van der Waals surface area contributed by atoms with Crippen molar-refractivity contribution in [3.05, 3.63) is 46.4 Å². The molecule has 0 radical (unpaired) electrons. The summed E-state index contributed by atoms with van der Waals surface area (Å²) < 4.78 is 4.51. The highest BCUT2D eigenvalue weighted by molar-refractivity contribution is 5.96. The van der Waals surface area contributed by atoms with E-state index in [1.54, 1.807) is 30.3 Å². The van der Waals surface area contributed by atoms with Crippen molar-refractivity contribution in [2.45, 2.75) is 12.8 Å². The highest BCUT2D eigenvalue weighted by Crippen LogP contribution is 2.09. The number of fused-ring (bicyclic) bond motifs is 1. The molecule has 110 valence electrons. The van der Waals surface area contributed by atoms with Crippen molar-refractivity contribution in [1.82, 2.24) is 10.3 Å². The molecular formula is C15H16N2O4. The Hall–Kier alpha value is -2.63. The molecule has 2 aromatic rings. The van der Waals surface area contributed by atoms with Gasteiger partial charge in [-0.2, -0.15) is 0 Å². The minimum Gasteiger partial charge on any atom is -0.469 e. The molecule has 0 saturated carbocycles. The van der Waals surface area contributed by atoms with Gasteiger partial charge in [-0.15, -0.1) is 0 Å². The van der Waals surface area contributed by atoms with E-state index in [4.69, 9.17) is 0 Å². The lowest BCUT2D eigenvalue weighted by atomic mass is 10.1. The molecule has 1 amide bonds. The molecule has 0 unspecified atom stereocenters. The van der Waals surface area contributed by atoms with Gasteiger partial charge in [0.2, 0.25) is 0 Å². The third-order valence-corrected chi connectivity index (χ3v) is 3.07. The van der Waals surface area contributed by atoms with E-state index in [1.807, 2.05) is 0 Å². The number of amides is 1. The minimum atomic E-state index is -0.372. The second-order valence-corrected chi connectivity index (χ2v) is 4.53. The summed E-state index contributed by atoms with van der Waals surface area (Å²) >= 11 is 0. The van der Waals surface area contributed by atoms with Crippen LogP contribution in [0.5, 0.6) is 0 Å². The molecule has 0 aliphatic carbocycles. The first-order valence-corrected chi connectivity index (χ1v) is 6.59. The van der Waals surface area contributed by atoms with Crippen LogP contribution in [0.2, 0.25) is 0 Å². The zero-order valence-corrected chi connectivity index (χ0v) is 11.6. The van der Waals surface area contributed by atoms with E-state index in [0.29, 0.717) is 23.7 Å². The van der Waals surface area contributed by atoms with Crippen LogP contribution in [0.1, 0.15) is 23.3 Å². The summed E-state index contributed by atoms with van der Waals surface area (Å²) in [5.74, 6) is -0.689. The van der Waals surface area contributed by atoms with Gasteiger partial charge in [0, 0.05) is 18.4 Å². The molecule has 21 heavy (non-hydrogen) atoms. The zero-order valence-electron chi connectivity index (χ0n) is 11.6. The quantitative estimate of drug-likeness (QED) is 0.639. The van der Waals surface area contributed by atoms with Crippen LogP contribution in [0.15, 0.2) is 35.1 Å². The fourth-order valence-corrected chi connectivity index (χ4v) is 1.97. The lowest BCUT2D eigenvalue weighted by molar-refractivity contribution is -0.140. The number of carbonyl (C=O) groups excluding carboxylic acids is 2. The molecule has 0 fully saturated rings. The molecular weight excluding hydrogens is 272 g/mol. The molecule has 0 saturated heterocycles. The summed E-state index contributed by atoms with van der Waals surface area (Å²) in [4.78, 5) is 37.3. The van der Waals surface area contributed by atoms with Gasteiger partial charge in [-0.3, -0.25) is 14.4 Å². The van der Waals surface area contributed by atoms with E-state index < -0.39 is 0 Å². The molecule has 0 spiro atoms. The molecule has 2 N–H and O–H groups in total. The van der Waals surface area contributed by atoms with Gasteiger partial charge in [-0.1, -0.05) is 18.2 Å². The zero-order chi connectivity index (χ0) is 15.2. The van der Waals surface area contributed by atoms with Gasteiger partial charge in [0.05, 0.1) is 7.11 Å². The highest BCUT2D eigenvalue weighted by Gasteiger charge is 2.09. The Bertz CT molecular complexity index is 721. The van der Waals surface area contributed by atoms with Crippen molar-refractivity contribution >= 4 is 22.6 Å². The first-order valence-electron chi connectivity index (χ1n) is 6.59. The van der Waals surface area contributed by atoms with E-state index >= 15 is 0 Å². The number of pyridine rings is 1. The molecule has 1 aromatic carbocycles. The largest absolute Gasteiger partial charge is 0.469 e. The number of H-pyrrole nitrogens is 1. The normalized spacial score (nSPS) is 10.3. The van der Waals surface area contributed by atoms with E-state index in [1.165, 1.54) is 7.11 Å². The van der Waals surface area contributed by atoms with Gasteiger partial charge < -0.3 is 15.0 Å². The van der Waals surface area contributed by atoms with Gasteiger partial charge in [0.15, 0.2) is 0 Å². The average molecular weight is 288 g/mol. The fraction of sp³-hybridized carbons (Fsp3) is 0.267. The van der Waals surface area contributed by atoms with Gasteiger partial charge in [-0.25, -0.2) is 0 Å². The van der Waals surface area contributed by atoms with Gasteiger partial charge in [0.25, 0.3) is 11.5 Å². The number of esters is 1. The topological polar surface area (TPSA) is 88.3 Å². The predicted octanol–water partition coefficient (Wildman–Crippen LogP) is 1.21. The summed E-state index contributed by atoms with van der Waals surface area (Å²) in [5, 5.41) is 3.90. The third kappa shape index (κ3) is 3.68. The number of methoxy groups -OCH3 is 1. The number of aromatic nitrogens is 1. The second-order valence-electron chi connectivity index (χ2n) is 4.53. The Labute approximate surface area is 121 Å². The average Bonchev–Trinajstić information content (AvgIpc) is 2.51. The maximum absolute atomic E-state index is 12.0. The van der Waals surface area contributed by atoms with Crippen LogP contribution in [-0.4, -0.2) is 30.5 Å². The van der Waals surface area contributed by atoms with Gasteiger partial charge in [-0.05, 0) is 23.9 Å². The molecule has 1 aromatic heterocycles. The number of nitrogens with one attached hydrogen (secondary N) is 2. The number of benzene rings is 1. The van der Waals surface area contributed by atoms with Gasteiger partial charge in [0.1, 0.15) is 5.69 Å². The van der Waals surface area contributed by atoms with Crippen molar-refractivity contribution in [1.29, 1.82) is 0 Å². The van der Waals surface area contributed by atoms with Crippen LogP contribution in [0, 0.1) is 0 Å². The lowest BCUT2D eigenvalue weighted by Crippen LogP contribution is -2.27. The Morgan fingerprint density at radius 2 is 2.05 bits per heavy atom. The maximum Gasteiger partial charge on any atom is 0.305 e. The number of hydrogen-bond donors (Lipinski definition) is 2. The van der Waals surface area contributed by atoms with E-state index in [0.717, 1.165) is 0 Å². The Morgan fingerprint density at radius 1 is 1.29 bits per heavy atom. The first kappa shape index (κ1) is 14.8. The molecule has 0 atom stereocenters. The lowest BCUT2D eigenvalue weighted by Gasteiger charge is -2.06. The molecule has 0 aliphatic rings. The number of rotatable bonds is 5. The summed E-state index contributed by atoms with van der Waals surface area (Å²) in [6.07, 6.45) is 0.723. The van der Waals surface area contributed by atoms with Crippen LogP contribution in [-0.2, 0) is 9.53 Å². The van der Waals surface area contributed by atoms with Crippen LogP contribution < -0.4 is 10.9 Å². The second kappa shape index (κ2) is 6.69. The molecule has 1 heterocycles. The summed E-state index contributed by atoms with van der Waals surface area (Å²) in [7, 11) is 1.32. The van der Waals surface area contributed by atoms with E-state index in [2.05, 4.69) is 15.0 Å². The van der Waals surface area contributed by atoms with Crippen LogP contribution in [0.4, 0.5) is 0 Å². The minimum absolute atomic E-state index is 0.205. The number of carbonyl (C=O) groups is 2. The third-order valence-electron chi connectivity index (χ3n) is 3.07.